The Balaban J connectivity index is 2.51. The second kappa shape index (κ2) is 4.94. The maximum absolute atomic E-state index is 13.9. The van der Waals surface area contributed by atoms with E-state index in [4.69, 9.17) is 0 Å². The lowest BCUT2D eigenvalue weighted by Gasteiger charge is -2.15. The molecule has 0 aliphatic carbocycles. The summed E-state index contributed by atoms with van der Waals surface area (Å²) in [5.74, 6) is -0.453. The first-order valence-electron chi connectivity index (χ1n) is 5.26. The molecule has 1 aromatic heterocycles. The fourth-order valence-electron chi connectivity index (χ4n) is 1.41. The molecule has 0 saturated carbocycles. The van der Waals surface area contributed by atoms with Crippen molar-refractivity contribution >= 4 is 15.9 Å². The molecule has 2 aromatic rings. The molecule has 102 valence electrons. The third-order valence-corrected chi connectivity index (χ3v) is 3.82. The number of aromatic amines is 1. The van der Waals surface area contributed by atoms with Gasteiger partial charge in [0.1, 0.15) is 12.1 Å². The summed E-state index contributed by atoms with van der Waals surface area (Å²) in [6.07, 6.45) is 1.21. The lowest BCUT2D eigenvalue weighted by molar-refractivity contribution is 0.527. The molecule has 0 aliphatic rings. The zero-order valence-electron chi connectivity index (χ0n) is 10.3. The smallest absolute Gasteiger partial charge is 0.270 e. The zero-order chi connectivity index (χ0) is 14.0. The molecule has 0 unspecified atom stereocenters. The van der Waals surface area contributed by atoms with Crippen molar-refractivity contribution in [1.82, 2.24) is 19.5 Å². The van der Waals surface area contributed by atoms with Crippen LogP contribution in [0.3, 0.4) is 0 Å². The highest BCUT2D eigenvalue weighted by Gasteiger charge is 2.19. The fraction of sp³-hybridized carbons (Fsp3) is 0.200. The van der Waals surface area contributed by atoms with Crippen LogP contribution in [-0.4, -0.2) is 42.0 Å². The number of rotatable bonds is 4. The van der Waals surface area contributed by atoms with Crippen molar-refractivity contribution in [2.45, 2.75) is 0 Å². The topological polar surface area (TPSA) is 91.0 Å². The van der Waals surface area contributed by atoms with E-state index in [0.29, 0.717) is 0 Å². The van der Waals surface area contributed by atoms with Crippen molar-refractivity contribution in [1.29, 1.82) is 0 Å². The molecule has 7 nitrogen and oxygen atoms in total. The van der Waals surface area contributed by atoms with Crippen LogP contribution in [0.1, 0.15) is 0 Å². The average molecular weight is 285 g/mol. The van der Waals surface area contributed by atoms with Crippen LogP contribution in [0.15, 0.2) is 24.5 Å². The van der Waals surface area contributed by atoms with E-state index in [9.17, 15) is 12.8 Å². The predicted molar refractivity (Wildman–Crippen MR) is 68.0 cm³/mol. The summed E-state index contributed by atoms with van der Waals surface area (Å²) in [4.78, 5) is 3.83. The highest BCUT2D eigenvalue weighted by atomic mass is 32.2. The number of anilines is 1. The van der Waals surface area contributed by atoms with Crippen LogP contribution >= 0.6 is 0 Å². The van der Waals surface area contributed by atoms with Crippen LogP contribution in [-0.2, 0) is 10.2 Å². The third-order valence-electron chi connectivity index (χ3n) is 2.39. The fourth-order valence-corrected chi connectivity index (χ4v) is 2.04. The lowest BCUT2D eigenvalue weighted by Crippen LogP contribution is -2.29. The minimum atomic E-state index is -3.73. The van der Waals surface area contributed by atoms with E-state index in [1.165, 1.54) is 38.6 Å². The van der Waals surface area contributed by atoms with Crippen LogP contribution in [0.5, 0.6) is 0 Å². The van der Waals surface area contributed by atoms with Gasteiger partial charge in [-0.2, -0.15) is 17.8 Å². The summed E-state index contributed by atoms with van der Waals surface area (Å²) >= 11 is 0. The van der Waals surface area contributed by atoms with E-state index in [2.05, 4.69) is 19.9 Å². The molecule has 0 atom stereocenters. The Bertz CT molecular complexity index is 669. The molecule has 19 heavy (non-hydrogen) atoms. The van der Waals surface area contributed by atoms with Crippen molar-refractivity contribution in [2.24, 2.45) is 0 Å². The molecule has 0 saturated heterocycles. The van der Waals surface area contributed by atoms with Gasteiger partial charge in [0.25, 0.3) is 0 Å². The number of nitrogens with one attached hydrogen (secondary N) is 2. The van der Waals surface area contributed by atoms with Crippen LogP contribution in [0.25, 0.3) is 11.4 Å². The SMILES string of the molecule is CN(C)S(=O)(=O)Nc1cccc(F)c1-c1ncn[nH]1. The first kappa shape index (κ1) is 13.4. The van der Waals surface area contributed by atoms with Gasteiger partial charge in [-0.05, 0) is 12.1 Å². The van der Waals surface area contributed by atoms with Crippen LogP contribution < -0.4 is 4.72 Å². The van der Waals surface area contributed by atoms with Gasteiger partial charge in [0, 0.05) is 14.1 Å². The molecule has 0 fully saturated rings. The van der Waals surface area contributed by atoms with Gasteiger partial charge < -0.3 is 0 Å². The van der Waals surface area contributed by atoms with Gasteiger partial charge in [0.2, 0.25) is 0 Å². The summed E-state index contributed by atoms with van der Waals surface area (Å²) in [6, 6.07) is 4.07. The predicted octanol–water partition coefficient (Wildman–Crippen LogP) is 0.829. The average Bonchev–Trinajstić information content (AvgIpc) is 2.81. The Kier molecular flexibility index (Phi) is 3.49. The van der Waals surface area contributed by atoms with E-state index in [1.54, 1.807) is 0 Å². The van der Waals surface area contributed by atoms with Crippen molar-refractivity contribution in [3.63, 3.8) is 0 Å². The van der Waals surface area contributed by atoms with Gasteiger partial charge in [-0.1, -0.05) is 6.07 Å². The first-order chi connectivity index (χ1) is 8.92. The van der Waals surface area contributed by atoms with Gasteiger partial charge >= 0.3 is 10.2 Å². The number of benzene rings is 1. The van der Waals surface area contributed by atoms with Gasteiger partial charge in [-0.3, -0.25) is 9.82 Å². The summed E-state index contributed by atoms with van der Waals surface area (Å²) < 4.78 is 40.7. The van der Waals surface area contributed by atoms with E-state index >= 15 is 0 Å². The van der Waals surface area contributed by atoms with E-state index < -0.39 is 16.0 Å². The van der Waals surface area contributed by atoms with Gasteiger partial charge in [-0.25, -0.2) is 9.37 Å². The Morgan fingerprint density at radius 2 is 2.11 bits per heavy atom. The van der Waals surface area contributed by atoms with Crippen LogP contribution in [0.4, 0.5) is 10.1 Å². The van der Waals surface area contributed by atoms with Crippen LogP contribution in [0, 0.1) is 5.82 Å². The van der Waals surface area contributed by atoms with Gasteiger partial charge in [-0.15, -0.1) is 0 Å². The Labute approximate surface area is 109 Å². The largest absolute Gasteiger partial charge is 0.301 e. The molecule has 9 heteroatoms. The van der Waals surface area contributed by atoms with Gasteiger partial charge in [0.05, 0.1) is 11.3 Å². The normalized spacial score (nSPS) is 11.8. The summed E-state index contributed by atoms with van der Waals surface area (Å²) in [5, 5.41) is 6.12. The molecule has 0 spiro atoms. The molecule has 0 radical (unpaired) electrons. The standard InChI is InChI=1S/C10H12FN5O2S/c1-16(2)19(17,18)15-8-5-3-4-7(11)9(8)10-12-6-13-14-10/h3-6,15H,1-2H3,(H,12,13,14). The Hall–Kier alpha value is -2.00. The molecular formula is C10H12FN5O2S. The molecule has 2 rings (SSSR count). The molecular weight excluding hydrogens is 273 g/mol. The highest BCUT2D eigenvalue weighted by Crippen LogP contribution is 2.28. The maximum Gasteiger partial charge on any atom is 0.301 e. The van der Waals surface area contributed by atoms with E-state index in [-0.39, 0.29) is 17.1 Å². The molecule has 0 amide bonds. The molecule has 1 heterocycles. The monoisotopic (exact) mass is 285 g/mol. The number of aromatic nitrogens is 3. The number of hydrogen-bond donors (Lipinski definition) is 2. The van der Waals surface area contributed by atoms with Gasteiger partial charge in [0.15, 0.2) is 5.82 Å². The lowest BCUT2D eigenvalue weighted by atomic mass is 10.1. The summed E-state index contributed by atoms with van der Waals surface area (Å²) in [7, 11) is -0.985. The van der Waals surface area contributed by atoms with Crippen molar-refractivity contribution in [3.8, 4) is 11.4 Å². The van der Waals surface area contributed by atoms with Crippen molar-refractivity contribution in [3.05, 3.63) is 30.3 Å². The minimum absolute atomic E-state index is 0.0189. The first-order valence-corrected chi connectivity index (χ1v) is 6.70. The number of H-pyrrole nitrogens is 1. The Morgan fingerprint density at radius 3 is 2.68 bits per heavy atom. The van der Waals surface area contributed by atoms with Crippen molar-refractivity contribution in [2.75, 3.05) is 18.8 Å². The molecule has 2 N–H and O–H groups in total. The summed E-state index contributed by atoms with van der Waals surface area (Å²) in [6.45, 7) is 0. The Morgan fingerprint density at radius 1 is 1.37 bits per heavy atom. The van der Waals surface area contributed by atoms with Crippen LogP contribution in [0.2, 0.25) is 0 Å². The second-order valence-electron chi connectivity index (χ2n) is 3.89. The van der Waals surface area contributed by atoms with Crippen molar-refractivity contribution < 1.29 is 12.8 Å². The number of hydrogen-bond acceptors (Lipinski definition) is 4. The molecule has 0 aliphatic heterocycles. The van der Waals surface area contributed by atoms with E-state index in [0.717, 1.165) is 4.31 Å². The second-order valence-corrected chi connectivity index (χ2v) is 5.77. The minimum Gasteiger partial charge on any atom is -0.270 e. The number of halogens is 1. The molecule has 0 bridgehead atoms. The quantitative estimate of drug-likeness (QED) is 0.870. The van der Waals surface area contributed by atoms with E-state index in [1.807, 2.05) is 0 Å². The summed E-state index contributed by atoms with van der Waals surface area (Å²) in [5.41, 5.74) is 0.107. The zero-order valence-corrected chi connectivity index (χ0v) is 11.1. The molecule has 1 aromatic carbocycles. The maximum atomic E-state index is 13.9. The third kappa shape index (κ3) is 2.71. The number of nitrogens with zero attached hydrogens (tertiary/aromatic N) is 3. The highest BCUT2D eigenvalue weighted by molar-refractivity contribution is 7.90.